The third kappa shape index (κ3) is 4.30. The molecule has 0 aliphatic carbocycles. The summed E-state index contributed by atoms with van der Waals surface area (Å²) in [7, 11) is 0. The Balaban J connectivity index is 1.79. The fourth-order valence-electron chi connectivity index (χ4n) is 4.39. The van der Waals surface area contributed by atoms with Crippen molar-refractivity contribution in [3.63, 3.8) is 0 Å². The monoisotopic (exact) mass is 441 g/mol. The average molecular weight is 442 g/mol. The van der Waals surface area contributed by atoms with E-state index in [1.807, 2.05) is 12.1 Å². The van der Waals surface area contributed by atoms with Crippen molar-refractivity contribution in [3.05, 3.63) is 63.6 Å². The number of hydrogen-bond acceptors (Lipinski definition) is 3. The Morgan fingerprint density at radius 3 is 2.71 bits per heavy atom. The molecule has 0 saturated carbocycles. The third-order valence-electron chi connectivity index (χ3n) is 5.28. The number of carbonyl (C=O) groups excluding carboxylic acids is 1. The lowest BCUT2D eigenvalue weighted by Crippen LogP contribution is -2.51. The molecular weight excluding hydrogens is 414 g/mol. The van der Waals surface area contributed by atoms with E-state index < -0.39 is 0 Å². The summed E-state index contributed by atoms with van der Waals surface area (Å²) in [6, 6.07) is 14.1. The molecule has 1 N–H and O–H groups in total. The van der Waals surface area contributed by atoms with Crippen molar-refractivity contribution in [2.45, 2.75) is 58.5 Å². The Morgan fingerprint density at radius 2 is 2.04 bits per heavy atom. The number of benzene rings is 2. The molecule has 0 saturated heterocycles. The largest absolute Gasteiger partial charge is 0.364 e. The van der Waals surface area contributed by atoms with Gasteiger partial charge in [0.05, 0.1) is 6.21 Å². The number of fused-ring (bicyclic) bond motifs is 1. The SMILES string of the molecule is CC1CC(C)(C)N(C(C)C)c2ccc(/C=N/NC(=O)c3cccc(Br)c3)cc21. The molecule has 3 rings (SSSR count). The van der Waals surface area contributed by atoms with Gasteiger partial charge in [0.15, 0.2) is 0 Å². The summed E-state index contributed by atoms with van der Waals surface area (Å²) < 4.78 is 0.866. The summed E-state index contributed by atoms with van der Waals surface area (Å²) in [4.78, 5) is 14.7. The van der Waals surface area contributed by atoms with Gasteiger partial charge in [0.1, 0.15) is 0 Å². The van der Waals surface area contributed by atoms with Crippen LogP contribution in [0.15, 0.2) is 52.0 Å². The first-order valence-electron chi connectivity index (χ1n) is 9.71. The molecule has 1 aliphatic rings. The molecule has 5 heteroatoms. The highest BCUT2D eigenvalue weighted by Crippen LogP contribution is 2.44. The van der Waals surface area contributed by atoms with Gasteiger partial charge in [-0.2, -0.15) is 5.10 Å². The number of nitrogens with one attached hydrogen (secondary N) is 1. The quantitative estimate of drug-likeness (QED) is 0.487. The maximum atomic E-state index is 12.2. The van der Waals surface area contributed by atoms with Gasteiger partial charge in [0, 0.05) is 27.3 Å². The van der Waals surface area contributed by atoms with Crippen LogP contribution in [0.2, 0.25) is 0 Å². The topological polar surface area (TPSA) is 44.7 Å². The molecule has 148 valence electrons. The molecule has 0 radical (unpaired) electrons. The zero-order chi connectivity index (χ0) is 20.5. The fraction of sp³-hybridized carbons (Fsp3) is 0.391. The minimum atomic E-state index is -0.225. The Morgan fingerprint density at radius 1 is 1.29 bits per heavy atom. The summed E-state index contributed by atoms with van der Waals surface area (Å²) in [5.74, 6) is 0.251. The third-order valence-corrected chi connectivity index (χ3v) is 5.78. The molecule has 4 nitrogen and oxygen atoms in total. The molecule has 0 bridgehead atoms. The van der Waals surface area contributed by atoms with Crippen molar-refractivity contribution in [1.29, 1.82) is 0 Å². The summed E-state index contributed by atoms with van der Waals surface area (Å²) in [6.07, 6.45) is 2.82. The molecule has 1 heterocycles. The van der Waals surface area contributed by atoms with Crippen molar-refractivity contribution < 1.29 is 4.79 Å². The van der Waals surface area contributed by atoms with E-state index in [9.17, 15) is 4.79 Å². The Hall–Kier alpha value is -2.14. The molecule has 1 unspecified atom stereocenters. The Bertz CT molecular complexity index is 904. The van der Waals surface area contributed by atoms with E-state index in [1.165, 1.54) is 11.3 Å². The van der Waals surface area contributed by atoms with Crippen molar-refractivity contribution in [3.8, 4) is 0 Å². The number of hydrogen-bond donors (Lipinski definition) is 1. The lowest BCUT2D eigenvalue weighted by Gasteiger charge is -2.50. The second-order valence-electron chi connectivity index (χ2n) is 8.41. The van der Waals surface area contributed by atoms with Gasteiger partial charge in [0.2, 0.25) is 0 Å². The predicted octanol–water partition coefficient (Wildman–Crippen LogP) is 5.71. The number of rotatable bonds is 4. The van der Waals surface area contributed by atoms with Crippen LogP contribution in [0, 0.1) is 0 Å². The van der Waals surface area contributed by atoms with Crippen LogP contribution in [0.5, 0.6) is 0 Å². The normalized spacial score (nSPS) is 18.4. The highest BCUT2D eigenvalue weighted by atomic mass is 79.9. The van der Waals surface area contributed by atoms with E-state index in [-0.39, 0.29) is 11.4 Å². The lowest BCUT2D eigenvalue weighted by molar-refractivity contribution is 0.0955. The molecule has 28 heavy (non-hydrogen) atoms. The van der Waals surface area contributed by atoms with Crippen LogP contribution in [-0.4, -0.2) is 23.7 Å². The summed E-state index contributed by atoms with van der Waals surface area (Å²) in [5, 5.41) is 4.15. The van der Waals surface area contributed by atoms with E-state index in [2.05, 4.69) is 84.2 Å². The van der Waals surface area contributed by atoms with E-state index in [1.54, 1.807) is 18.3 Å². The summed E-state index contributed by atoms with van der Waals surface area (Å²) in [5.41, 5.74) is 6.94. The first kappa shape index (κ1) is 20.6. The van der Waals surface area contributed by atoms with Crippen molar-refractivity contribution >= 4 is 33.7 Å². The van der Waals surface area contributed by atoms with Gasteiger partial charge in [0.25, 0.3) is 5.91 Å². The maximum absolute atomic E-state index is 12.2. The first-order chi connectivity index (χ1) is 13.2. The minimum Gasteiger partial charge on any atom is -0.364 e. The molecule has 0 aromatic heterocycles. The van der Waals surface area contributed by atoms with Crippen LogP contribution in [0.1, 0.15) is 68.4 Å². The molecule has 2 aromatic carbocycles. The van der Waals surface area contributed by atoms with E-state index in [4.69, 9.17) is 0 Å². The van der Waals surface area contributed by atoms with Crippen LogP contribution in [-0.2, 0) is 0 Å². The minimum absolute atomic E-state index is 0.133. The van der Waals surface area contributed by atoms with Crippen LogP contribution in [0.25, 0.3) is 0 Å². The Labute approximate surface area is 176 Å². The van der Waals surface area contributed by atoms with Crippen molar-refractivity contribution in [1.82, 2.24) is 5.43 Å². The molecule has 1 amide bonds. The molecule has 2 aromatic rings. The molecule has 0 fully saturated rings. The zero-order valence-corrected chi connectivity index (χ0v) is 18.7. The predicted molar refractivity (Wildman–Crippen MR) is 120 cm³/mol. The maximum Gasteiger partial charge on any atom is 0.271 e. The van der Waals surface area contributed by atoms with Gasteiger partial charge in [-0.15, -0.1) is 0 Å². The van der Waals surface area contributed by atoms with Crippen LogP contribution in [0.3, 0.4) is 0 Å². The van der Waals surface area contributed by atoms with Gasteiger partial charge in [-0.05, 0) is 81.5 Å². The second-order valence-corrected chi connectivity index (χ2v) is 9.32. The van der Waals surface area contributed by atoms with E-state index in [0.717, 1.165) is 16.5 Å². The summed E-state index contributed by atoms with van der Waals surface area (Å²) >= 11 is 3.38. The standard InChI is InChI=1S/C23H28BrN3O/c1-15(2)27-21-10-9-17(11-20(21)16(3)13-23(27,4)5)14-25-26-22(28)18-7-6-8-19(24)12-18/h6-12,14-16H,13H2,1-5H3,(H,26,28)/b25-14+. The second kappa shape index (κ2) is 8.08. The zero-order valence-electron chi connectivity index (χ0n) is 17.2. The average Bonchev–Trinajstić information content (AvgIpc) is 2.61. The lowest BCUT2D eigenvalue weighted by atomic mass is 9.79. The smallest absolute Gasteiger partial charge is 0.271 e. The van der Waals surface area contributed by atoms with Crippen molar-refractivity contribution in [2.24, 2.45) is 5.10 Å². The summed E-state index contributed by atoms with van der Waals surface area (Å²) in [6.45, 7) is 11.4. The van der Waals surface area contributed by atoms with E-state index >= 15 is 0 Å². The molecule has 1 aliphatic heterocycles. The highest BCUT2D eigenvalue weighted by molar-refractivity contribution is 9.10. The fourth-order valence-corrected chi connectivity index (χ4v) is 4.79. The number of nitrogens with zero attached hydrogens (tertiary/aromatic N) is 2. The van der Waals surface area contributed by atoms with Gasteiger partial charge in [-0.25, -0.2) is 5.43 Å². The number of amides is 1. The number of carbonyl (C=O) groups is 1. The molecule has 0 spiro atoms. The Kier molecular flexibility index (Phi) is 5.94. The van der Waals surface area contributed by atoms with Gasteiger partial charge < -0.3 is 4.90 Å². The van der Waals surface area contributed by atoms with Gasteiger partial charge in [-0.1, -0.05) is 35.0 Å². The van der Waals surface area contributed by atoms with Gasteiger partial charge in [-0.3, -0.25) is 4.79 Å². The number of anilines is 1. The van der Waals surface area contributed by atoms with Gasteiger partial charge >= 0.3 is 0 Å². The molecular formula is C23H28BrN3O. The number of hydrazone groups is 1. The van der Waals surface area contributed by atoms with Crippen LogP contribution in [0.4, 0.5) is 5.69 Å². The van der Waals surface area contributed by atoms with Crippen molar-refractivity contribution in [2.75, 3.05) is 4.90 Å². The highest BCUT2D eigenvalue weighted by Gasteiger charge is 2.37. The number of halogens is 1. The van der Waals surface area contributed by atoms with Crippen LogP contribution < -0.4 is 10.3 Å². The van der Waals surface area contributed by atoms with E-state index in [0.29, 0.717) is 17.5 Å². The van der Waals surface area contributed by atoms with Crippen LogP contribution >= 0.6 is 15.9 Å². The first-order valence-corrected chi connectivity index (χ1v) is 10.5. The molecule has 1 atom stereocenters.